The van der Waals surface area contributed by atoms with Crippen molar-refractivity contribution in [2.75, 3.05) is 53.0 Å². The number of piperazine rings is 1. The highest BCUT2D eigenvalue weighted by molar-refractivity contribution is 7.22. The highest BCUT2D eigenvalue weighted by Gasteiger charge is 2.31. The third-order valence-electron chi connectivity index (χ3n) is 14.7. The minimum atomic E-state index is -1.32. The van der Waals surface area contributed by atoms with Gasteiger partial charge in [0, 0.05) is 67.3 Å². The number of hydrogen-bond acceptors (Lipinski definition) is 17. The summed E-state index contributed by atoms with van der Waals surface area (Å²) in [6, 6.07) is 34.0. The van der Waals surface area contributed by atoms with Gasteiger partial charge < -0.3 is 43.4 Å². The van der Waals surface area contributed by atoms with Crippen molar-refractivity contribution >= 4 is 57.3 Å². The van der Waals surface area contributed by atoms with E-state index in [0.717, 1.165) is 16.0 Å². The Morgan fingerprint density at radius 3 is 2.28 bits per heavy atom. The SMILES string of the molecule is CCOC(=O)[C@@H](Cc1cc(CC(=O)OC(C)(C)C)ccc1OCc1ccnc(-c2ccccc2OC)n1)Oc1ncnc2sc(-c3ccc(F)cc3)c(-c3ccc(CCC(C)(C)OC(=O)NCCN4CCN(C(=O)OCc5ccccc5)CC4)c(Cl)c3C)c12. The first-order chi connectivity index (χ1) is 42.7. The molecule has 0 saturated carbocycles. The van der Waals surface area contributed by atoms with E-state index in [1.54, 1.807) is 82.3 Å². The van der Waals surface area contributed by atoms with Crippen molar-refractivity contribution in [3.63, 3.8) is 0 Å². The lowest BCUT2D eigenvalue weighted by molar-refractivity contribution is -0.154. The first-order valence-corrected chi connectivity index (χ1v) is 30.7. The maximum Gasteiger partial charge on any atom is 0.410 e. The average Bonchev–Trinajstić information content (AvgIpc) is 1.86. The third kappa shape index (κ3) is 17.3. The van der Waals surface area contributed by atoms with Crippen molar-refractivity contribution in [2.45, 2.75) is 105 Å². The molecule has 3 aromatic heterocycles. The maximum absolute atomic E-state index is 14.6. The second-order valence-electron chi connectivity index (χ2n) is 23.0. The number of amides is 2. The van der Waals surface area contributed by atoms with Crippen LogP contribution in [0.4, 0.5) is 14.0 Å². The van der Waals surface area contributed by atoms with E-state index in [9.17, 15) is 23.6 Å². The van der Waals surface area contributed by atoms with Crippen LogP contribution in [0.1, 0.15) is 81.5 Å². The molecule has 4 heterocycles. The van der Waals surface area contributed by atoms with Gasteiger partial charge in [0.2, 0.25) is 12.0 Å². The fourth-order valence-electron chi connectivity index (χ4n) is 10.2. The summed E-state index contributed by atoms with van der Waals surface area (Å²) in [5.74, 6) is -0.0303. The number of ether oxygens (including phenoxy) is 7. The summed E-state index contributed by atoms with van der Waals surface area (Å²) in [5, 5.41) is 3.85. The van der Waals surface area contributed by atoms with Crippen molar-refractivity contribution in [1.29, 1.82) is 0 Å². The molecule has 18 nitrogen and oxygen atoms in total. The van der Waals surface area contributed by atoms with Crippen LogP contribution in [0.3, 0.4) is 0 Å². The molecule has 0 unspecified atom stereocenters. The average molecular weight is 1250 g/mol. The van der Waals surface area contributed by atoms with Crippen LogP contribution in [0.5, 0.6) is 17.4 Å². The molecule has 8 aromatic rings. The number of alkyl carbamates (subject to hydrolysis) is 1. The van der Waals surface area contributed by atoms with E-state index in [1.807, 2.05) is 87.5 Å². The van der Waals surface area contributed by atoms with Crippen molar-refractivity contribution < 1.29 is 56.7 Å². The van der Waals surface area contributed by atoms with E-state index in [2.05, 4.69) is 20.2 Å². The number of carbonyl (C=O) groups excluding carboxylic acids is 4. The van der Waals surface area contributed by atoms with Crippen molar-refractivity contribution in [2.24, 2.45) is 0 Å². The summed E-state index contributed by atoms with van der Waals surface area (Å²) in [6.07, 6.45) is 1.52. The van der Waals surface area contributed by atoms with Crippen molar-refractivity contribution in [3.05, 3.63) is 172 Å². The number of aryl methyl sites for hydroxylation is 1. The van der Waals surface area contributed by atoms with Crippen LogP contribution in [0, 0.1) is 12.7 Å². The van der Waals surface area contributed by atoms with Crippen LogP contribution >= 0.6 is 22.9 Å². The summed E-state index contributed by atoms with van der Waals surface area (Å²) in [4.78, 5) is 77.1. The van der Waals surface area contributed by atoms with Gasteiger partial charge in [-0.1, -0.05) is 90.5 Å². The van der Waals surface area contributed by atoms with Crippen molar-refractivity contribution in [3.8, 4) is 50.3 Å². The highest BCUT2D eigenvalue weighted by Crippen LogP contribution is 2.49. The van der Waals surface area contributed by atoms with Gasteiger partial charge in [-0.05, 0) is 137 Å². The summed E-state index contributed by atoms with van der Waals surface area (Å²) in [6.45, 7) is 16.2. The van der Waals surface area contributed by atoms with E-state index in [4.69, 9.17) is 54.7 Å². The Labute approximate surface area is 526 Å². The molecule has 1 saturated heterocycles. The fourth-order valence-corrected chi connectivity index (χ4v) is 11.6. The summed E-state index contributed by atoms with van der Waals surface area (Å²) in [7, 11) is 1.58. The van der Waals surface area contributed by atoms with Crippen LogP contribution in [0.15, 0.2) is 128 Å². The molecule has 1 N–H and O–H groups in total. The molecule has 0 radical (unpaired) electrons. The molecular weight excluding hydrogens is 1180 g/mol. The van der Waals surface area contributed by atoms with E-state index in [0.29, 0.717) is 129 Å². The molecule has 1 aliphatic rings. The summed E-state index contributed by atoms with van der Waals surface area (Å²) < 4.78 is 56.3. The van der Waals surface area contributed by atoms with Gasteiger partial charge in [0.15, 0.2) is 5.82 Å². The Hall–Kier alpha value is -8.72. The largest absolute Gasteiger partial charge is 0.496 e. The predicted molar refractivity (Wildman–Crippen MR) is 339 cm³/mol. The lowest BCUT2D eigenvalue weighted by atomic mass is 9.92. The summed E-state index contributed by atoms with van der Waals surface area (Å²) in [5.41, 5.74) is 5.28. The van der Waals surface area contributed by atoms with E-state index in [1.165, 1.54) is 29.8 Å². The van der Waals surface area contributed by atoms with Gasteiger partial charge in [-0.15, -0.1) is 11.3 Å². The fraction of sp³-hybridized carbons (Fsp3) is 0.353. The van der Waals surface area contributed by atoms with Gasteiger partial charge in [0.1, 0.15) is 52.9 Å². The molecule has 0 bridgehead atoms. The van der Waals surface area contributed by atoms with Gasteiger partial charge in [0.05, 0.1) is 36.8 Å². The van der Waals surface area contributed by atoms with Crippen LogP contribution in [-0.2, 0) is 61.0 Å². The minimum Gasteiger partial charge on any atom is -0.496 e. The standard InChI is InChI=1S/C68H73ClFN7O11S/c1-9-83-64(79)55(39-48-37-45(38-56(78)87-67(3,4)5)19-26-53(48)84-41-50-28-30-71-61(75-50)52-17-13-14-18-54(52)82-8)86-62-58-57(60(89-63(58)74-42-73-62)47-20-23-49(70)24-21-47)51-25-22-46(59(69)43(51)2)27-29-68(6,7)88-65(80)72-31-32-76-33-35-77(36-34-76)66(81)85-40-44-15-11-10-12-16-44/h10-26,28,30,37,42,55H,9,27,29,31-36,38-41H2,1-8H3,(H,72,80)/t55-/m1/s1. The molecule has 5 aromatic carbocycles. The molecule has 1 fully saturated rings. The third-order valence-corrected chi connectivity index (χ3v) is 16.4. The number of carbonyl (C=O) groups is 4. The summed E-state index contributed by atoms with van der Waals surface area (Å²) >= 11 is 8.69. The Bertz CT molecular complexity index is 3780. The van der Waals surface area contributed by atoms with E-state index >= 15 is 0 Å². The Morgan fingerprint density at radius 1 is 0.787 bits per heavy atom. The van der Waals surface area contributed by atoms with Crippen LogP contribution in [0.2, 0.25) is 5.02 Å². The Kier molecular flexibility index (Phi) is 21.5. The molecule has 2 amide bonds. The number of esters is 2. The predicted octanol–water partition coefficient (Wildman–Crippen LogP) is 13.0. The van der Waals surface area contributed by atoms with Gasteiger partial charge in [-0.2, -0.15) is 0 Å². The first-order valence-electron chi connectivity index (χ1n) is 29.5. The Morgan fingerprint density at radius 2 is 1.54 bits per heavy atom. The highest BCUT2D eigenvalue weighted by atomic mass is 35.5. The van der Waals surface area contributed by atoms with E-state index in [-0.39, 0.29) is 44.6 Å². The zero-order chi connectivity index (χ0) is 63.2. The molecule has 9 rings (SSSR count). The number of methoxy groups -OCH3 is 1. The van der Waals surface area contributed by atoms with Crippen molar-refractivity contribution in [1.82, 2.24) is 35.1 Å². The van der Waals surface area contributed by atoms with Crippen LogP contribution < -0.4 is 19.5 Å². The number of rotatable bonds is 24. The molecule has 0 aliphatic carbocycles. The lowest BCUT2D eigenvalue weighted by Gasteiger charge is -2.34. The smallest absolute Gasteiger partial charge is 0.410 e. The number of benzene rings is 5. The van der Waals surface area contributed by atoms with Gasteiger partial charge in [-0.3, -0.25) is 9.69 Å². The number of aromatic nitrogens is 4. The second kappa shape index (κ2) is 29.5. The number of thiophene rings is 1. The number of nitrogens with zero attached hydrogens (tertiary/aromatic N) is 6. The molecule has 1 atom stereocenters. The van der Waals surface area contributed by atoms with Crippen LogP contribution in [0.25, 0.3) is 43.2 Å². The Balaban J connectivity index is 0.936. The molecule has 89 heavy (non-hydrogen) atoms. The number of fused-ring (bicyclic) bond motifs is 1. The van der Waals surface area contributed by atoms with E-state index < -0.39 is 41.2 Å². The number of hydrogen-bond donors (Lipinski definition) is 1. The number of nitrogens with one attached hydrogen (secondary N) is 1. The number of halogens is 2. The molecule has 0 spiro atoms. The normalized spacial score (nSPS) is 13.1. The zero-order valence-electron chi connectivity index (χ0n) is 51.2. The molecule has 466 valence electrons. The number of para-hydroxylation sites is 1. The zero-order valence-corrected chi connectivity index (χ0v) is 52.8. The topological polar surface area (TPSA) is 203 Å². The maximum atomic E-state index is 14.6. The molecule has 1 aliphatic heterocycles. The van der Waals surface area contributed by atoms with Crippen LogP contribution in [-0.4, -0.2) is 124 Å². The van der Waals surface area contributed by atoms with Gasteiger partial charge >= 0.3 is 24.1 Å². The monoisotopic (exact) mass is 1250 g/mol. The minimum absolute atomic E-state index is 0.00805. The first kappa shape index (κ1) is 64.7. The molecular formula is C68H73ClFN7O11S. The van der Waals surface area contributed by atoms with Gasteiger partial charge in [0.25, 0.3) is 0 Å². The lowest BCUT2D eigenvalue weighted by Crippen LogP contribution is -2.50. The molecule has 21 heteroatoms. The van der Waals surface area contributed by atoms with Gasteiger partial charge in [-0.25, -0.2) is 38.7 Å². The quantitative estimate of drug-likeness (QED) is 0.0441. The second-order valence-corrected chi connectivity index (χ2v) is 24.3.